The first-order chi connectivity index (χ1) is 11.1. The number of hydrogen-bond acceptors (Lipinski definition) is 5. The smallest absolute Gasteiger partial charge is 0.261 e. The number of aryl methyl sites for hydroxylation is 3. The van der Waals surface area contributed by atoms with Crippen LogP contribution in [0.4, 0.5) is 0 Å². The van der Waals surface area contributed by atoms with Gasteiger partial charge in [0.15, 0.2) is 0 Å². The molecule has 0 radical (unpaired) electrons. The van der Waals surface area contributed by atoms with Gasteiger partial charge in [0.2, 0.25) is 0 Å². The van der Waals surface area contributed by atoms with Gasteiger partial charge in [-0.15, -0.1) is 0 Å². The first-order valence-electron chi connectivity index (χ1n) is 7.35. The number of nitrogens with zero attached hydrogens (tertiary/aromatic N) is 5. The van der Waals surface area contributed by atoms with Crippen molar-refractivity contribution in [2.24, 2.45) is 0 Å². The van der Waals surface area contributed by atoms with Gasteiger partial charge in [-0.1, -0.05) is 17.3 Å². The molecule has 0 N–H and O–H groups in total. The van der Waals surface area contributed by atoms with Gasteiger partial charge in [-0.05, 0) is 38.5 Å². The van der Waals surface area contributed by atoms with E-state index in [9.17, 15) is 0 Å². The number of hydrogen-bond donors (Lipinski definition) is 0. The van der Waals surface area contributed by atoms with Gasteiger partial charge in [0.05, 0.1) is 22.5 Å². The monoisotopic (exact) mass is 305 g/mol. The quantitative estimate of drug-likeness (QED) is 0.567. The Morgan fingerprint density at radius 1 is 1.09 bits per heavy atom. The molecule has 0 saturated heterocycles. The zero-order valence-electron chi connectivity index (χ0n) is 13.1. The van der Waals surface area contributed by atoms with E-state index in [2.05, 4.69) is 45.3 Å². The molecule has 0 aliphatic rings. The van der Waals surface area contributed by atoms with Crippen LogP contribution in [0.15, 0.2) is 41.2 Å². The van der Waals surface area contributed by atoms with Crippen LogP contribution in [0, 0.1) is 20.8 Å². The summed E-state index contributed by atoms with van der Waals surface area (Å²) in [4.78, 5) is 8.98. The van der Waals surface area contributed by atoms with Gasteiger partial charge in [-0.3, -0.25) is 0 Å². The molecule has 0 saturated carbocycles. The van der Waals surface area contributed by atoms with E-state index in [1.807, 2.05) is 30.8 Å². The third-order valence-corrected chi connectivity index (χ3v) is 3.78. The summed E-state index contributed by atoms with van der Waals surface area (Å²) in [6.07, 6.45) is 3.68. The maximum absolute atomic E-state index is 5.32. The largest absolute Gasteiger partial charge is 0.335 e. The molecule has 6 nitrogen and oxygen atoms in total. The molecule has 4 aromatic rings. The molecule has 4 rings (SSSR count). The molecular formula is C17H15N5O. The number of aromatic nitrogens is 5. The van der Waals surface area contributed by atoms with Gasteiger partial charge < -0.3 is 4.52 Å². The van der Waals surface area contributed by atoms with E-state index in [0.717, 1.165) is 33.6 Å². The summed E-state index contributed by atoms with van der Waals surface area (Å²) in [6, 6.07) is 8.11. The van der Waals surface area contributed by atoms with E-state index >= 15 is 0 Å². The molecule has 0 atom stereocenters. The SMILES string of the molecule is Cc1ccc(-c2nc(C)nc3onc(C)c23)c(-n2cccn2)c1. The second-order valence-electron chi connectivity index (χ2n) is 5.54. The number of fused-ring (bicyclic) bond motifs is 1. The van der Waals surface area contributed by atoms with Crippen LogP contribution in [-0.4, -0.2) is 24.9 Å². The van der Waals surface area contributed by atoms with E-state index in [1.54, 1.807) is 6.20 Å². The lowest BCUT2D eigenvalue weighted by atomic mass is 10.0. The predicted molar refractivity (Wildman–Crippen MR) is 86.4 cm³/mol. The van der Waals surface area contributed by atoms with E-state index in [4.69, 9.17) is 4.52 Å². The second kappa shape index (κ2) is 5.01. The van der Waals surface area contributed by atoms with Crippen LogP contribution in [0.1, 0.15) is 17.1 Å². The van der Waals surface area contributed by atoms with Crippen molar-refractivity contribution in [3.63, 3.8) is 0 Å². The summed E-state index contributed by atoms with van der Waals surface area (Å²) >= 11 is 0. The molecule has 0 unspecified atom stereocenters. The van der Waals surface area contributed by atoms with Gasteiger partial charge in [0.25, 0.3) is 5.71 Å². The van der Waals surface area contributed by atoms with Gasteiger partial charge >= 0.3 is 0 Å². The van der Waals surface area contributed by atoms with Gasteiger partial charge in [-0.25, -0.2) is 9.67 Å². The van der Waals surface area contributed by atoms with Crippen LogP contribution in [0.5, 0.6) is 0 Å². The Kier molecular flexibility index (Phi) is 2.97. The maximum Gasteiger partial charge on any atom is 0.261 e. The Morgan fingerprint density at radius 3 is 2.74 bits per heavy atom. The molecule has 3 heterocycles. The average Bonchev–Trinajstić information content (AvgIpc) is 3.17. The minimum Gasteiger partial charge on any atom is -0.335 e. The van der Waals surface area contributed by atoms with Crippen molar-refractivity contribution in [2.45, 2.75) is 20.8 Å². The lowest BCUT2D eigenvalue weighted by molar-refractivity contribution is 0.442. The second-order valence-corrected chi connectivity index (χ2v) is 5.54. The molecule has 0 aliphatic heterocycles. The first-order valence-corrected chi connectivity index (χ1v) is 7.35. The molecule has 3 aromatic heterocycles. The highest BCUT2D eigenvalue weighted by atomic mass is 16.5. The molecule has 23 heavy (non-hydrogen) atoms. The lowest BCUT2D eigenvalue weighted by Crippen LogP contribution is -2.01. The first kappa shape index (κ1) is 13.6. The van der Waals surface area contributed by atoms with Gasteiger partial charge in [-0.2, -0.15) is 10.1 Å². The van der Waals surface area contributed by atoms with Crippen LogP contribution < -0.4 is 0 Å². The molecular weight excluding hydrogens is 290 g/mol. The van der Waals surface area contributed by atoms with E-state index in [-0.39, 0.29) is 0 Å². The normalized spacial score (nSPS) is 11.3. The van der Waals surface area contributed by atoms with Crippen LogP contribution in [0.3, 0.4) is 0 Å². The summed E-state index contributed by atoms with van der Waals surface area (Å²) in [5.41, 5.74) is 5.20. The van der Waals surface area contributed by atoms with E-state index in [1.165, 1.54) is 0 Å². The van der Waals surface area contributed by atoms with Gasteiger partial charge in [0, 0.05) is 18.0 Å². The van der Waals surface area contributed by atoms with Crippen molar-refractivity contribution in [1.82, 2.24) is 24.9 Å². The van der Waals surface area contributed by atoms with Crippen molar-refractivity contribution in [2.75, 3.05) is 0 Å². The third-order valence-electron chi connectivity index (χ3n) is 3.78. The van der Waals surface area contributed by atoms with Crippen LogP contribution in [0.25, 0.3) is 28.0 Å². The third kappa shape index (κ3) is 2.19. The summed E-state index contributed by atoms with van der Waals surface area (Å²) in [7, 11) is 0. The fraction of sp³-hybridized carbons (Fsp3) is 0.176. The Balaban J connectivity index is 2.08. The average molecular weight is 305 g/mol. The fourth-order valence-corrected chi connectivity index (χ4v) is 2.73. The molecule has 0 amide bonds. The zero-order chi connectivity index (χ0) is 16.0. The Morgan fingerprint density at radius 2 is 1.96 bits per heavy atom. The number of benzene rings is 1. The highest BCUT2D eigenvalue weighted by Crippen LogP contribution is 2.32. The molecule has 6 heteroatoms. The lowest BCUT2D eigenvalue weighted by Gasteiger charge is -2.11. The van der Waals surface area contributed by atoms with Gasteiger partial charge in [0.1, 0.15) is 5.82 Å². The summed E-state index contributed by atoms with van der Waals surface area (Å²) in [5, 5.41) is 9.23. The van der Waals surface area contributed by atoms with Crippen molar-refractivity contribution in [3.8, 4) is 16.9 Å². The standard InChI is InChI=1S/C17H15N5O/c1-10-5-6-13(14(9-10)22-8-4-7-18-22)16-15-11(2)21-23-17(15)20-12(3)19-16/h4-9H,1-3H3. The van der Waals surface area contributed by atoms with Crippen molar-refractivity contribution in [1.29, 1.82) is 0 Å². The minimum atomic E-state index is 0.511. The predicted octanol–water partition coefficient (Wildman–Crippen LogP) is 3.40. The molecule has 1 aromatic carbocycles. The minimum absolute atomic E-state index is 0.511. The Hall–Kier alpha value is -3.02. The van der Waals surface area contributed by atoms with E-state index < -0.39 is 0 Å². The van der Waals surface area contributed by atoms with Crippen molar-refractivity contribution >= 4 is 11.1 Å². The molecule has 0 bridgehead atoms. The van der Waals surface area contributed by atoms with Crippen LogP contribution in [-0.2, 0) is 0 Å². The fourth-order valence-electron chi connectivity index (χ4n) is 2.73. The molecule has 0 fully saturated rings. The van der Waals surface area contributed by atoms with Crippen molar-refractivity contribution < 1.29 is 4.52 Å². The van der Waals surface area contributed by atoms with Crippen LogP contribution >= 0.6 is 0 Å². The number of rotatable bonds is 2. The zero-order valence-corrected chi connectivity index (χ0v) is 13.1. The molecule has 0 aliphatic carbocycles. The van der Waals surface area contributed by atoms with Crippen molar-refractivity contribution in [3.05, 3.63) is 53.7 Å². The van der Waals surface area contributed by atoms with Crippen LogP contribution in [0.2, 0.25) is 0 Å². The highest BCUT2D eigenvalue weighted by molar-refractivity contribution is 5.93. The molecule has 114 valence electrons. The topological polar surface area (TPSA) is 69.6 Å². The molecule has 0 spiro atoms. The highest BCUT2D eigenvalue weighted by Gasteiger charge is 2.18. The summed E-state index contributed by atoms with van der Waals surface area (Å²) < 4.78 is 7.16. The summed E-state index contributed by atoms with van der Waals surface area (Å²) in [6.45, 7) is 5.81. The maximum atomic E-state index is 5.32. The Labute approximate surface area is 132 Å². The Bertz CT molecular complexity index is 1000. The van der Waals surface area contributed by atoms with E-state index in [0.29, 0.717) is 11.5 Å². The summed E-state index contributed by atoms with van der Waals surface area (Å²) in [5.74, 6) is 0.649.